The van der Waals surface area contributed by atoms with Gasteiger partial charge in [0.1, 0.15) is 0 Å². The van der Waals surface area contributed by atoms with Gasteiger partial charge >= 0.3 is 0 Å². The third kappa shape index (κ3) is 2.78. The van der Waals surface area contributed by atoms with E-state index in [0.29, 0.717) is 5.69 Å². The van der Waals surface area contributed by atoms with Crippen LogP contribution in [0.15, 0.2) is 23.4 Å². The minimum Gasteiger partial charge on any atom is -0.386 e. The minimum absolute atomic E-state index is 0.0280. The molecule has 0 aliphatic heterocycles. The Labute approximate surface area is 107 Å². The van der Waals surface area contributed by atoms with E-state index in [4.69, 9.17) is 5.26 Å². The van der Waals surface area contributed by atoms with Crippen molar-refractivity contribution >= 4 is 15.7 Å². The third-order valence-electron chi connectivity index (χ3n) is 2.67. The van der Waals surface area contributed by atoms with Crippen LogP contribution < -0.4 is 5.32 Å². The van der Waals surface area contributed by atoms with Crippen LogP contribution >= 0.6 is 0 Å². The molecule has 1 atom stereocenters. The Morgan fingerprint density at radius 2 is 2.28 bits per heavy atom. The zero-order valence-electron chi connectivity index (χ0n) is 10.6. The van der Waals surface area contributed by atoms with Crippen LogP contribution in [0.4, 0.5) is 5.69 Å². The molecular weight excluding hydrogens is 252 g/mol. The highest BCUT2D eigenvalue weighted by molar-refractivity contribution is 7.89. The molecule has 1 aromatic rings. The maximum Gasteiger partial charge on any atom is 0.262 e. The second-order valence-electron chi connectivity index (χ2n) is 3.84. The number of sulfonamides is 1. The lowest BCUT2D eigenvalue weighted by atomic mass is 10.3. The van der Waals surface area contributed by atoms with Crippen molar-refractivity contribution in [1.82, 2.24) is 9.29 Å². The summed E-state index contributed by atoms with van der Waals surface area (Å²) in [6.07, 6.45) is 1.56. The van der Waals surface area contributed by atoms with Crippen molar-refractivity contribution in [2.24, 2.45) is 0 Å². The van der Waals surface area contributed by atoms with Crippen LogP contribution in [0.3, 0.4) is 0 Å². The number of hydrogen-bond acceptors (Lipinski definition) is 5. The smallest absolute Gasteiger partial charge is 0.262 e. The number of hydrogen-bond donors (Lipinski definition) is 1. The Balaban J connectivity index is 3.18. The summed E-state index contributed by atoms with van der Waals surface area (Å²) >= 11 is 0. The Morgan fingerprint density at radius 3 is 2.83 bits per heavy atom. The number of rotatable bonds is 5. The quantitative estimate of drug-likeness (QED) is 0.862. The average molecular weight is 268 g/mol. The zero-order valence-corrected chi connectivity index (χ0v) is 11.4. The van der Waals surface area contributed by atoms with Gasteiger partial charge in [-0.1, -0.05) is 0 Å². The average Bonchev–Trinajstić information content (AvgIpc) is 2.38. The maximum atomic E-state index is 12.3. The molecule has 7 heteroatoms. The standard InChI is InChI=1S/C11H16N4O2S/c1-9(6-7-12)15(3)18(16,17)11-10(13-2)5-4-8-14-11/h4-5,8-9,13H,6H2,1-3H3. The summed E-state index contributed by atoms with van der Waals surface area (Å²) in [7, 11) is -0.611. The molecule has 0 bridgehead atoms. The van der Waals surface area contributed by atoms with Crippen LogP contribution in [0.5, 0.6) is 0 Å². The molecular formula is C11H16N4O2S. The van der Waals surface area contributed by atoms with Crippen molar-refractivity contribution in [3.05, 3.63) is 18.3 Å². The molecule has 6 nitrogen and oxygen atoms in total. The predicted molar refractivity (Wildman–Crippen MR) is 68.4 cm³/mol. The first-order valence-corrected chi connectivity index (χ1v) is 6.87. The summed E-state index contributed by atoms with van der Waals surface area (Å²) in [6.45, 7) is 1.68. The third-order valence-corrected chi connectivity index (χ3v) is 4.60. The van der Waals surface area contributed by atoms with E-state index in [1.807, 2.05) is 6.07 Å². The Morgan fingerprint density at radius 1 is 1.61 bits per heavy atom. The summed E-state index contributed by atoms with van der Waals surface area (Å²) in [5.74, 6) is 0. The molecule has 1 rings (SSSR count). The normalized spacial score (nSPS) is 13.1. The number of nitriles is 1. The molecule has 0 saturated carbocycles. The molecule has 1 unspecified atom stereocenters. The lowest BCUT2D eigenvalue weighted by Gasteiger charge is -2.22. The Hall–Kier alpha value is -1.65. The zero-order chi connectivity index (χ0) is 13.8. The molecule has 18 heavy (non-hydrogen) atoms. The lowest BCUT2D eigenvalue weighted by molar-refractivity contribution is 0.391. The molecule has 0 radical (unpaired) electrons. The summed E-state index contributed by atoms with van der Waals surface area (Å²) in [4.78, 5) is 3.91. The molecule has 0 aromatic carbocycles. The van der Waals surface area contributed by atoms with Crippen LogP contribution in [0, 0.1) is 11.3 Å². The molecule has 0 spiro atoms. The fraction of sp³-hybridized carbons (Fsp3) is 0.455. The molecule has 0 amide bonds. The van der Waals surface area contributed by atoms with E-state index in [2.05, 4.69) is 10.3 Å². The van der Waals surface area contributed by atoms with Crippen LogP contribution in [-0.4, -0.2) is 37.8 Å². The Kier molecular flexibility index (Phi) is 4.64. The van der Waals surface area contributed by atoms with Crippen LogP contribution in [0.1, 0.15) is 13.3 Å². The number of nitrogens with zero attached hydrogens (tertiary/aromatic N) is 3. The van der Waals surface area contributed by atoms with Crippen molar-refractivity contribution in [3.8, 4) is 6.07 Å². The molecule has 1 N–H and O–H groups in total. The fourth-order valence-corrected chi connectivity index (χ4v) is 2.88. The number of anilines is 1. The first-order chi connectivity index (χ1) is 8.45. The van der Waals surface area contributed by atoms with E-state index in [1.165, 1.54) is 17.5 Å². The molecule has 0 fully saturated rings. The van der Waals surface area contributed by atoms with Crippen molar-refractivity contribution in [3.63, 3.8) is 0 Å². The van der Waals surface area contributed by atoms with E-state index in [1.54, 1.807) is 26.1 Å². The maximum absolute atomic E-state index is 12.3. The van der Waals surface area contributed by atoms with E-state index < -0.39 is 16.1 Å². The van der Waals surface area contributed by atoms with Crippen LogP contribution in [0.2, 0.25) is 0 Å². The molecule has 0 aliphatic carbocycles. The highest BCUT2D eigenvalue weighted by atomic mass is 32.2. The highest BCUT2D eigenvalue weighted by Gasteiger charge is 2.28. The van der Waals surface area contributed by atoms with Gasteiger partial charge in [0.05, 0.1) is 18.2 Å². The Bertz CT molecular complexity index is 550. The second-order valence-corrected chi connectivity index (χ2v) is 5.75. The molecule has 0 aliphatic rings. The van der Waals surface area contributed by atoms with Gasteiger partial charge in [-0.25, -0.2) is 13.4 Å². The first kappa shape index (κ1) is 14.4. The largest absolute Gasteiger partial charge is 0.386 e. The number of aromatic nitrogens is 1. The molecule has 1 aromatic heterocycles. The molecule has 0 saturated heterocycles. The van der Waals surface area contributed by atoms with Crippen LogP contribution in [-0.2, 0) is 10.0 Å². The SMILES string of the molecule is CNc1cccnc1S(=O)(=O)N(C)C(C)CC#N. The van der Waals surface area contributed by atoms with Gasteiger partial charge in [-0.15, -0.1) is 0 Å². The van der Waals surface area contributed by atoms with Crippen molar-refractivity contribution in [1.29, 1.82) is 5.26 Å². The molecule has 98 valence electrons. The molecule has 1 heterocycles. The predicted octanol–water partition coefficient (Wildman–Crippen LogP) is 1.05. The number of pyridine rings is 1. The van der Waals surface area contributed by atoms with Crippen molar-refractivity contribution in [2.75, 3.05) is 19.4 Å². The van der Waals surface area contributed by atoms with Gasteiger partial charge in [-0.2, -0.15) is 9.57 Å². The van der Waals surface area contributed by atoms with E-state index in [9.17, 15) is 8.42 Å². The summed E-state index contributed by atoms with van der Waals surface area (Å²) in [5.41, 5.74) is 0.438. The summed E-state index contributed by atoms with van der Waals surface area (Å²) in [6, 6.07) is 4.86. The highest BCUT2D eigenvalue weighted by Crippen LogP contribution is 2.22. The monoisotopic (exact) mass is 268 g/mol. The minimum atomic E-state index is -3.69. The summed E-state index contributed by atoms with van der Waals surface area (Å²) in [5, 5.41) is 11.4. The van der Waals surface area contributed by atoms with Gasteiger partial charge in [0, 0.05) is 26.3 Å². The first-order valence-electron chi connectivity index (χ1n) is 5.43. The second kappa shape index (κ2) is 5.80. The van der Waals surface area contributed by atoms with Gasteiger partial charge < -0.3 is 5.32 Å². The topological polar surface area (TPSA) is 86.1 Å². The summed E-state index contributed by atoms with van der Waals surface area (Å²) < 4.78 is 25.9. The van der Waals surface area contributed by atoms with E-state index in [-0.39, 0.29) is 11.4 Å². The van der Waals surface area contributed by atoms with Crippen molar-refractivity contribution in [2.45, 2.75) is 24.4 Å². The number of nitrogens with one attached hydrogen (secondary N) is 1. The van der Waals surface area contributed by atoms with E-state index in [0.717, 1.165) is 0 Å². The van der Waals surface area contributed by atoms with Gasteiger partial charge in [-0.05, 0) is 19.1 Å². The van der Waals surface area contributed by atoms with Crippen molar-refractivity contribution < 1.29 is 8.42 Å². The van der Waals surface area contributed by atoms with Gasteiger partial charge in [0.2, 0.25) is 0 Å². The van der Waals surface area contributed by atoms with E-state index >= 15 is 0 Å². The fourth-order valence-electron chi connectivity index (χ4n) is 1.42. The van der Waals surface area contributed by atoms with Crippen LogP contribution in [0.25, 0.3) is 0 Å². The van der Waals surface area contributed by atoms with Gasteiger partial charge in [-0.3, -0.25) is 0 Å². The van der Waals surface area contributed by atoms with Gasteiger partial charge in [0.25, 0.3) is 10.0 Å². The van der Waals surface area contributed by atoms with Gasteiger partial charge in [0.15, 0.2) is 5.03 Å². The lowest BCUT2D eigenvalue weighted by Crippen LogP contribution is -2.35.